The van der Waals surface area contributed by atoms with Gasteiger partial charge in [0, 0.05) is 57.9 Å². The molecule has 7 nitrogen and oxygen atoms in total. The first-order valence-corrected chi connectivity index (χ1v) is 10.3. The van der Waals surface area contributed by atoms with Crippen LogP contribution >= 0.6 is 24.0 Å². The number of guanidine groups is 1. The minimum Gasteiger partial charge on any atom is -0.356 e. The number of pyridine rings is 1. The Hall–Kier alpha value is -1.84. The van der Waals surface area contributed by atoms with Crippen LogP contribution < -0.4 is 15.5 Å². The molecule has 0 atom stereocenters. The van der Waals surface area contributed by atoms with Crippen molar-refractivity contribution in [3.8, 4) is 0 Å². The summed E-state index contributed by atoms with van der Waals surface area (Å²) in [5.74, 6) is 3.07. The summed E-state index contributed by atoms with van der Waals surface area (Å²) in [7, 11) is 1.84. The molecule has 0 aliphatic carbocycles. The molecule has 3 heterocycles. The van der Waals surface area contributed by atoms with Crippen LogP contribution in [0.3, 0.4) is 0 Å². The molecular formula is C21H34IN7. The van der Waals surface area contributed by atoms with Crippen molar-refractivity contribution in [2.75, 3.05) is 31.6 Å². The van der Waals surface area contributed by atoms with Crippen LogP contribution in [0.15, 0.2) is 35.7 Å². The van der Waals surface area contributed by atoms with Crippen molar-refractivity contribution >= 4 is 35.8 Å². The maximum atomic E-state index is 4.55. The molecule has 0 radical (unpaired) electrons. The highest BCUT2D eigenvalue weighted by atomic mass is 127. The highest BCUT2D eigenvalue weighted by molar-refractivity contribution is 14.0. The molecule has 0 unspecified atom stereocenters. The van der Waals surface area contributed by atoms with Crippen LogP contribution in [0, 0.1) is 13.8 Å². The van der Waals surface area contributed by atoms with Crippen LogP contribution in [0.25, 0.3) is 0 Å². The number of unbranched alkanes of at least 4 members (excludes halogenated alkanes) is 1. The fraction of sp³-hybridized carbons (Fsp3) is 0.571. The van der Waals surface area contributed by atoms with Gasteiger partial charge >= 0.3 is 0 Å². The Bertz CT molecular complexity index is 749. The molecule has 0 spiro atoms. The predicted octanol–water partition coefficient (Wildman–Crippen LogP) is 3.13. The zero-order chi connectivity index (χ0) is 19.8. The summed E-state index contributed by atoms with van der Waals surface area (Å²) in [5.41, 5.74) is 1.20. The molecule has 1 aliphatic rings. The van der Waals surface area contributed by atoms with Gasteiger partial charge in [-0.1, -0.05) is 6.07 Å². The van der Waals surface area contributed by atoms with Gasteiger partial charge in [0.15, 0.2) is 5.96 Å². The van der Waals surface area contributed by atoms with Gasteiger partial charge in [0.05, 0.1) is 0 Å². The molecule has 0 bridgehead atoms. The van der Waals surface area contributed by atoms with E-state index in [1.807, 2.05) is 32.6 Å². The van der Waals surface area contributed by atoms with Gasteiger partial charge < -0.3 is 20.1 Å². The van der Waals surface area contributed by atoms with Gasteiger partial charge in [-0.25, -0.2) is 9.97 Å². The Balaban J connectivity index is 0.00000300. The summed E-state index contributed by atoms with van der Waals surface area (Å²) in [6.45, 7) is 8.11. The minimum absolute atomic E-state index is 0. The second-order valence-corrected chi connectivity index (χ2v) is 7.47. The van der Waals surface area contributed by atoms with Crippen molar-refractivity contribution in [3.63, 3.8) is 0 Å². The van der Waals surface area contributed by atoms with E-state index < -0.39 is 0 Å². The summed E-state index contributed by atoms with van der Waals surface area (Å²) < 4.78 is 2.20. The number of nitrogens with zero attached hydrogens (tertiary/aromatic N) is 5. The van der Waals surface area contributed by atoms with Gasteiger partial charge in [-0.15, -0.1) is 24.0 Å². The Morgan fingerprint density at radius 3 is 2.59 bits per heavy atom. The number of aryl methyl sites for hydroxylation is 3. The van der Waals surface area contributed by atoms with Crippen molar-refractivity contribution < 1.29 is 0 Å². The molecule has 2 N–H and O–H groups in total. The molecule has 0 aromatic carbocycles. The van der Waals surface area contributed by atoms with E-state index in [9.17, 15) is 0 Å². The third kappa shape index (κ3) is 7.17. The number of hydrogen-bond donors (Lipinski definition) is 2. The SMILES string of the molecule is CN=C(NCCCCn1ccnc1C)NC1CCN(c2ccc(C)cn2)CC1.I. The number of aliphatic imine (C=N–C) groups is 1. The van der Waals surface area contributed by atoms with E-state index in [0.717, 1.165) is 69.5 Å². The van der Waals surface area contributed by atoms with Gasteiger partial charge in [-0.05, 0) is 51.2 Å². The van der Waals surface area contributed by atoms with E-state index in [2.05, 4.69) is 54.1 Å². The molecule has 2 aromatic rings. The van der Waals surface area contributed by atoms with Crippen LogP contribution in [0.2, 0.25) is 0 Å². The maximum Gasteiger partial charge on any atom is 0.191 e. The number of imidazole rings is 1. The number of aromatic nitrogens is 3. The van der Waals surface area contributed by atoms with Crippen LogP contribution in [0.5, 0.6) is 0 Å². The lowest BCUT2D eigenvalue weighted by atomic mass is 10.1. The number of rotatable bonds is 7. The summed E-state index contributed by atoms with van der Waals surface area (Å²) in [6, 6.07) is 4.71. The Kier molecular flexibility index (Phi) is 9.69. The molecule has 2 aromatic heterocycles. The normalized spacial score (nSPS) is 15.1. The molecule has 1 saturated heterocycles. The molecule has 3 rings (SSSR count). The molecule has 160 valence electrons. The average Bonchev–Trinajstić information content (AvgIpc) is 3.13. The molecule has 0 amide bonds. The Morgan fingerprint density at radius 2 is 1.97 bits per heavy atom. The minimum atomic E-state index is 0. The largest absolute Gasteiger partial charge is 0.356 e. The second-order valence-electron chi connectivity index (χ2n) is 7.47. The molecule has 1 aliphatic heterocycles. The van der Waals surface area contributed by atoms with Crippen LogP contribution in [-0.4, -0.2) is 53.2 Å². The van der Waals surface area contributed by atoms with Crippen molar-refractivity contribution in [2.45, 2.75) is 52.1 Å². The highest BCUT2D eigenvalue weighted by Gasteiger charge is 2.20. The molecular weight excluding hydrogens is 477 g/mol. The van der Waals surface area contributed by atoms with E-state index in [1.165, 1.54) is 5.56 Å². The Morgan fingerprint density at radius 1 is 1.17 bits per heavy atom. The zero-order valence-electron chi connectivity index (χ0n) is 17.8. The first-order chi connectivity index (χ1) is 13.7. The lowest BCUT2D eigenvalue weighted by molar-refractivity contribution is 0.459. The fourth-order valence-corrected chi connectivity index (χ4v) is 3.54. The number of nitrogens with one attached hydrogen (secondary N) is 2. The first kappa shape index (κ1) is 23.4. The highest BCUT2D eigenvalue weighted by Crippen LogP contribution is 2.18. The quantitative estimate of drug-likeness (QED) is 0.259. The summed E-state index contributed by atoms with van der Waals surface area (Å²) >= 11 is 0. The lowest BCUT2D eigenvalue weighted by Gasteiger charge is -2.33. The number of hydrogen-bond acceptors (Lipinski definition) is 4. The third-order valence-electron chi connectivity index (χ3n) is 5.32. The monoisotopic (exact) mass is 511 g/mol. The van der Waals surface area contributed by atoms with E-state index in [4.69, 9.17) is 0 Å². The molecule has 0 saturated carbocycles. The van der Waals surface area contributed by atoms with Gasteiger partial charge in [0.2, 0.25) is 0 Å². The average molecular weight is 511 g/mol. The standard InChI is InChI=1S/C21H33N7.HI/c1-17-6-7-20(25-16-17)28-13-8-19(9-14-28)26-21(22-3)24-10-4-5-12-27-15-11-23-18(27)2;/h6-7,11,15-16,19H,4-5,8-10,12-14H2,1-3H3,(H2,22,24,26);1H. The van der Waals surface area contributed by atoms with E-state index in [1.54, 1.807) is 0 Å². The zero-order valence-corrected chi connectivity index (χ0v) is 20.1. The lowest BCUT2D eigenvalue weighted by Crippen LogP contribution is -2.49. The number of halogens is 1. The predicted molar refractivity (Wildman–Crippen MR) is 130 cm³/mol. The summed E-state index contributed by atoms with van der Waals surface area (Å²) in [5, 5.41) is 7.03. The van der Waals surface area contributed by atoms with E-state index >= 15 is 0 Å². The number of piperidine rings is 1. The maximum absolute atomic E-state index is 4.55. The van der Waals surface area contributed by atoms with Gasteiger partial charge in [-0.3, -0.25) is 4.99 Å². The fourth-order valence-electron chi connectivity index (χ4n) is 3.54. The van der Waals surface area contributed by atoms with Crippen LogP contribution in [0.4, 0.5) is 5.82 Å². The summed E-state index contributed by atoms with van der Waals surface area (Å²) in [4.78, 5) is 15.6. The smallest absolute Gasteiger partial charge is 0.191 e. The van der Waals surface area contributed by atoms with Crippen molar-refractivity contribution in [1.82, 2.24) is 25.2 Å². The van der Waals surface area contributed by atoms with Gasteiger partial charge in [0.1, 0.15) is 11.6 Å². The summed E-state index contributed by atoms with van der Waals surface area (Å²) in [6.07, 6.45) is 10.3. The van der Waals surface area contributed by atoms with Crippen LogP contribution in [0.1, 0.15) is 37.1 Å². The molecule has 29 heavy (non-hydrogen) atoms. The van der Waals surface area contributed by atoms with E-state index in [-0.39, 0.29) is 24.0 Å². The van der Waals surface area contributed by atoms with Crippen molar-refractivity contribution in [3.05, 3.63) is 42.1 Å². The molecule has 1 fully saturated rings. The first-order valence-electron chi connectivity index (χ1n) is 10.3. The third-order valence-corrected chi connectivity index (χ3v) is 5.32. The van der Waals surface area contributed by atoms with Gasteiger partial charge in [0.25, 0.3) is 0 Å². The number of anilines is 1. The topological polar surface area (TPSA) is 70.4 Å². The van der Waals surface area contributed by atoms with Crippen LogP contribution in [-0.2, 0) is 6.54 Å². The van der Waals surface area contributed by atoms with Gasteiger partial charge in [-0.2, -0.15) is 0 Å². The van der Waals surface area contributed by atoms with E-state index in [0.29, 0.717) is 6.04 Å². The molecule has 8 heteroatoms. The van der Waals surface area contributed by atoms with Crippen molar-refractivity contribution in [2.24, 2.45) is 4.99 Å². The Labute approximate surface area is 191 Å². The van der Waals surface area contributed by atoms with Crippen molar-refractivity contribution in [1.29, 1.82) is 0 Å². The second kappa shape index (κ2) is 12.0.